The quantitative estimate of drug-likeness (QED) is 0.789. The number of ether oxygens (including phenoxy) is 4. The van der Waals surface area contributed by atoms with Crippen LogP contribution >= 0.6 is 0 Å². The second kappa shape index (κ2) is 8.82. The van der Waals surface area contributed by atoms with Gasteiger partial charge in [0, 0.05) is 17.3 Å². The molecule has 2 rings (SSSR count). The zero-order valence-corrected chi connectivity index (χ0v) is 14.9. The van der Waals surface area contributed by atoms with Crippen LogP contribution in [0.5, 0.6) is 23.0 Å². The number of benzene rings is 2. The highest BCUT2D eigenvalue weighted by atomic mass is 16.5. The van der Waals surface area contributed by atoms with Crippen molar-refractivity contribution in [3.05, 3.63) is 42.0 Å². The fourth-order valence-corrected chi connectivity index (χ4v) is 2.31. The van der Waals surface area contributed by atoms with Crippen LogP contribution in [-0.2, 0) is 0 Å². The van der Waals surface area contributed by atoms with Crippen molar-refractivity contribution in [3.63, 3.8) is 0 Å². The first kappa shape index (κ1) is 18.4. The lowest BCUT2D eigenvalue weighted by Gasteiger charge is -2.13. The third-order valence-electron chi connectivity index (χ3n) is 3.45. The van der Waals surface area contributed by atoms with Gasteiger partial charge >= 0.3 is 0 Å². The lowest BCUT2D eigenvalue weighted by atomic mass is 10.1. The Bertz CT molecular complexity index is 730. The molecule has 0 atom stereocenters. The first-order chi connectivity index (χ1) is 12.1. The summed E-state index contributed by atoms with van der Waals surface area (Å²) in [5.41, 5.74) is 1.08. The van der Waals surface area contributed by atoms with Gasteiger partial charge in [0.15, 0.2) is 23.0 Å². The van der Waals surface area contributed by atoms with E-state index in [2.05, 4.69) is 5.32 Å². The molecule has 0 fully saturated rings. The van der Waals surface area contributed by atoms with Gasteiger partial charge in [-0.15, -0.1) is 0 Å². The van der Waals surface area contributed by atoms with Gasteiger partial charge in [-0.3, -0.25) is 4.79 Å². The summed E-state index contributed by atoms with van der Waals surface area (Å²) in [6.45, 7) is 4.79. The van der Waals surface area contributed by atoms with E-state index < -0.39 is 0 Å². The van der Waals surface area contributed by atoms with Crippen molar-refractivity contribution in [2.75, 3.05) is 32.8 Å². The third-order valence-corrected chi connectivity index (χ3v) is 3.45. The van der Waals surface area contributed by atoms with E-state index in [1.807, 2.05) is 13.8 Å². The Morgan fingerprint density at radius 1 is 0.840 bits per heavy atom. The molecule has 0 saturated heterocycles. The fraction of sp³-hybridized carbons (Fsp3) is 0.316. The van der Waals surface area contributed by atoms with Gasteiger partial charge in [-0.05, 0) is 44.2 Å². The van der Waals surface area contributed by atoms with Crippen molar-refractivity contribution in [3.8, 4) is 23.0 Å². The highest BCUT2D eigenvalue weighted by Gasteiger charge is 2.13. The predicted octanol–water partition coefficient (Wildman–Crippen LogP) is 3.75. The minimum Gasteiger partial charge on any atom is -0.493 e. The molecule has 2 aromatic rings. The van der Waals surface area contributed by atoms with Gasteiger partial charge in [0.25, 0.3) is 5.91 Å². The van der Waals surface area contributed by atoms with E-state index in [0.29, 0.717) is 47.5 Å². The topological polar surface area (TPSA) is 66.0 Å². The second-order valence-electron chi connectivity index (χ2n) is 5.05. The van der Waals surface area contributed by atoms with Crippen molar-refractivity contribution in [1.29, 1.82) is 0 Å². The number of rotatable bonds is 8. The summed E-state index contributed by atoms with van der Waals surface area (Å²) in [4.78, 5) is 12.5. The van der Waals surface area contributed by atoms with E-state index in [-0.39, 0.29) is 5.91 Å². The summed E-state index contributed by atoms with van der Waals surface area (Å²) in [6.07, 6.45) is 0. The molecule has 0 unspecified atom stereocenters. The molecule has 0 aliphatic heterocycles. The molecular weight excluding hydrogens is 322 g/mol. The van der Waals surface area contributed by atoms with Gasteiger partial charge in [0.1, 0.15) is 0 Å². The molecule has 6 heteroatoms. The van der Waals surface area contributed by atoms with E-state index in [4.69, 9.17) is 18.9 Å². The van der Waals surface area contributed by atoms with Crippen molar-refractivity contribution in [1.82, 2.24) is 0 Å². The van der Waals surface area contributed by atoms with E-state index >= 15 is 0 Å². The standard InChI is InChI=1S/C19H23NO5/c1-5-24-16-10-8-14(12-17(16)23-4)20-19(21)13-7-9-15(22-3)18(11-13)25-6-2/h7-12H,5-6H2,1-4H3,(H,20,21). The monoisotopic (exact) mass is 345 g/mol. The molecule has 2 aromatic carbocycles. The molecule has 0 saturated carbocycles. The molecule has 0 aliphatic rings. The molecule has 6 nitrogen and oxygen atoms in total. The molecular formula is C19H23NO5. The zero-order valence-electron chi connectivity index (χ0n) is 14.9. The van der Waals surface area contributed by atoms with Crippen LogP contribution in [0.2, 0.25) is 0 Å². The molecule has 0 aromatic heterocycles. The summed E-state index contributed by atoms with van der Waals surface area (Å²) in [7, 11) is 3.12. The smallest absolute Gasteiger partial charge is 0.255 e. The number of carbonyl (C=O) groups excluding carboxylic acids is 1. The average Bonchev–Trinajstić information content (AvgIpc) is 2.63. The van der Waals surface area contributed by atoms with Gasteiger partial charge in [-0.25, -0.2) is 0 Å². The normalized spacial score (nSPS) is 10.1. The number of methoxy groups -OCH3 is 2. The summed E-state index contributed by atoms with van der Waals surface area (Å²) in [6, 6.07) is 10.3. The van der Waals surface area contributed by atoms with Crippen LogP contribution in [-0.4, -0.2) is 33.3 Å². The molecule has 25 heavy (non-hydrogen) atoms. The van der Waals surface area contributed by atoms with Crippen LogP contribution in [0.25, 0.3) is 0 Å². The Labute approximate surface area is 147 Å². The number of hydrogen-bond acceptors (Lipinski definition) is 5. The molecule has 0 spiro atoms. The molecule has 0 heterocycles. The van der Waals surface area contributed by atoms with Crippen molar-refractivity contribution in [2.24, 2.45) is 0 Å². The Morgan fingerprint density at radius 2 is 1.48 bits per heavy atom. The molecule has 134 valence electrons. The number of amides is 1. The Balaban J connectivity index is 2.20. The highest BCUT2D eigenvalue weighted by Crippen LogP contribution is 2.31. The third kappa shape index (κ3) is 4.56. The number of carbonyl (C=O) groups is 1. The largest absolute Gasteiger partial charge is 0.493 e. The van der Waals surface area contributed by atoms with Gasteiger partial charge in [-0.2, -0.15) is 0 Å². The lowest BCUT2D eigenvalue weighted by molar-refractivity contribution is 0.102. The fourth-order valence-electron chi connectivity index (χ4n) is 2.31. The SMILES string of the molecule is CCOc1ccc(NC(=O)c2ccc(OC)c(OCC)c2)cc1OC. The Morgan fingerprint density at radius 3 is 2.12 bits per heavy atom. The zero-order chi connectivity index (χ0) is 18.2. The van der Waals surface area contributed by atoms with Crippen molar-refractivity contribution in [2.45, 2.75) is 13.8 Å². The van der Waals surface area contributed by atoms with Gasteiger partial charge in [-0.1, -0.05) is 0 Å². The maximum absolute atomic E-state index is 12.5. The van der Waals surface area contributed by atoms with Crippen LogP contribution in [0.4, 0.5) is 5.69 Å². The van der Waals surface area contributed by atoms with E-state index in [0.717, 1.165) is 0 Å². The van der Waals surface area contributed by atoms with Crippen LogP contribution in [0, 0.1) is 0 Å². The summed E-state index contributed by atoms with van der Waals surface area (Å²) < 4.78 is 21.5. The van der Waals surface area contributed by atoms with E-state index in [1.54, 1.807) is 50.6 Å². The molecule has 1 N–H and O–H groups in total. The highest BCUT2D eigenvalue weighted by molar-refractivity contribution is 6.04. The first-order valence-corrected chi connectivity index (χ1v) is 8.05. The average molecular weight is 345 g/mol. The maximum Gasteiger partial charge on any atom is 0.255 e. The van der Waals surface area contributed by atoms with Crippen LogP contribution in [0.15, 0.2) is 36.4 Å². The summed E-state index contributed by atoms with van der Waals surface area (Å²) >= 11 is 0. The number of nitrogens with one attached hydrogen (secondary N) is 1. The van der Waals surface area contributed by atoms with Crippen LogP contribution in [0.1, 0.15) is 24.2 Å². The Kier molecular flexibility index (Phi) is 6.51. The molecule has 1 amide bonds. The summed E-state index contributed by atoms with van der Waals surface area (Å²) in [5.74, 6) is 2.05. The molecule has 0 radical (unpaired) electrons. The van der Waals surface area contributed by atoms with Gasteiger partial charge in [0.2, 0.25) is 0 Å². The van der Waals surface area contributed by atoms with Crippen molar-refractivity contribution >= 4 is 11.6 Å². The molecule has 0 aliphatic carbocycles. The number of hydrogen-bond donors (Lipinski definition) is 1. The predicted molar refractivity (Wildman–Crippen MR) is 96.3 cm³/mol. The minimum atomic E-state index is -0.255. The molecule has 0 bridgehead atoms. The van der Waals surface area contributed by atoms with Crippen molar-refractivity contribution < 1.29 is 23.7 Å². The lowest BCUT2D eigenvalue weighted by Crippen LogP contribution is -2.12. The van der Waals surface area contributed by atoms with Crippen LogP contribution < -0.4 is 24.3 Å². The maximum atomic E-state index is 12.5. The first-order valence-electron chi connectivity index (χ1n) is 8.05. The van der Waals surface area contributed by atoms with E-state index in [1.165, 1.54) is 0 Å². The minimum absolute atomic E-state index is 0.255. The second-order valence-corrected chi connectivity index (χ2v) is 5.05. The van der Waals surface area contributed by atoms with Gasteiger partial charge < -0.3 is 24.3 Å². The number of anilines is 1. The van der Waals surface area contributed by atoms with Gasteiger partial charge in [0.05, 0.1) is 27.4 Å². The Hall–Kier alpha value is -2.89. The van der Waals surface area contributed by atoms with E-state index in [9.17, 15) is 4.79 Å². The summed E-state index contributed by atoms with van der Waals surface area (Å²) in [5, 5.41) is 2.84. The van der Waals surface area contributed by atoms with Crippen LogP contribution in [0.3, 0.4) is 0 Å².